The lowest BCUT2D eigenvalue weighted by molar-refractivity contribution is -0.0164. The molecule has 1 aliphatic rings. The summed E-state index contributed by atoms with van der Waals surface area (Å²) in [7, 11) is 0. The van der Waals surface area contributed by atoms with Gasteiger partial charge in [0.05, 0.1) is 12.2 Å². The standard InChI is InChI=1S/C34H36O5/c1-34(2,3)39-17-16-38-33-28-14-7-15-29(33)21-27-13-6-11-25(32(27)37)19-23-9-4-8-22(30(23)35)18-24-10-5-12-26(20-28)31(24)36/h4-15,35-37H,16-21H2,1-3H3. The van der Waals surface area contributed by atoms with Gasteiger partial charge in [0.2, 0.25) is 0 Å². The van der Waals surface area contributed by atoms with E-state index in [9.17, 15) is 15.3 Å². The molecule has 0 heterocycles. The van der Waals surface area contributed by atoms with Crippen LogP contribution in [0.1, 0.15) is 65.3 Å². The third-order valence-corrected chi connectivity index (χ3v) is 7.18. The van der Waals surface area contributed by atoms with Crippen LogP contribution in [0.15, 0.2) is 72.8 Å². The fourth-order valence-electron chi connectivity index (χ4n) is 5.20. The molecule has 1 aliphatic carbocycles. The minimum atomic E-state index is -0.262. The molecule has 4 aromatic rings. The van der Waals surface area contributed by atoms with Crippen LogP contribution in [0.4, 0.5) is 0 Å². The van der Waals surface area contributed by atoms with Crippen molar-refractivity contribution in [1.29, 1.82) is 0 Å². The molecule has 0 spiro atoms. The summed E-state index contributed by atoms with van der Waals surface area (Å²) in [5, 5.41) is 33.7. The quantitative estimate of drug-likeness (QED) is 0.229. The highest BCUT2D eigenvalue weighted by Crippen LogP contribution is 2.37. The van der Waals surface area contributed by atoms with Crippen LogP contribution in [0.2, 0.25) is 0 Å². The number of benzene rings is 4. The first-order valence-electron chi connectivity index (χ1n) is 13.5. The van der Waals surface area contributed by atoms with E-state index in [2.05, 4.69) is 0 Å². The number of fused-ring (bicyclic) bond motifs is 8. The molecule has 0 saturated heterocycles. The predicted octanol–water partition coefficient (Wildman–Crippen LogP) is 6.67. The fourth-order valence-corrected chi connectivity index (χ4v) is 5.20. The van der Waals surface area contributed by atoms with Crippen molar-refractivity contribution in [3.63, 3.8) is 0 Å². The molecule has 0 fully saturated rings. The Hall–Kier alpha value is -3.96. The van der Waals surface area contributed by atoms with Gasteiger partial charge in [-0.15, -0.1) is 0 Å². The molecule has 0 saturated carbocycles. The SMILES string of the molecule is CC(C)(C)OCCOc1c2cccc1Cc1cccc(c1O)Cc1cccc(c1O)Cc1cccc(c1O)C2. The van der Waals surface area contributed by atoms with Crippen LogP contribution in [0.5, 0.6) is 23.0 Å². The molecule has 39 heavy (non-hydrogen) atoms. The number of ether oxygens (including phenoxy) is 2. The van der Waals surface area contributed by atoms with E-state index in [1.165, 1.54) is 0 Å². The zero-order valence-corrected chi connectivity index (χ0v) is 22.8. The van der Waals surface area contributed by atoms with Crippen molar-refractivity contribution < 1.29 is 24.8 Å². The lowest BCUT2D eigenvalue weighted by Crippen LogP contribution is -2.22. The van der Waals surface area contributed by atoms with Crippen molar-refractivity contribution >= 4 is 0 Å². The smallest absolute Gasteiger partial charge is 0.126 e. The average molecular weight is 525 g/mol. The molecule has 0 aromatic heterocycles. The van der Waals surface area contributed by atoms with E-state index < -0.39 is 0 Å². The summed E-state index contributed by atoms with van der Waals surface area (Å²) in [5.41, 5.74) is 6.15. The molecular weight excluding hydrogens is 488 g/mol. The Morgan fingerprint density at radius 1 is 0.513 bits per heavy atom. The largest absolute Gasteiger partial charge is 0.507 e. The second-order valence-corrected chi connectivity index (χ2v) is 11.2. The van der Waals surface area contributed by atoms with Gasteiger partial charge in [-0.05, 0) is 65.3 Å². The first-order valence-corrected chi connectivity index (χ1v) is 13.5. The summed E-state index contributed by atoms with van der Waals surface area (Å²) in [6, 6.07) is 23.2. The van der Waals surface area contributed by atoms with Crippen molar-refractivity contribution in [1.82, 2.24) is 0 Å². The Kier molecular flexibility index (Phi) is 7.53. The number of para-hydroxylation sites is 4. The van der Waals surface area contributed by atoms with Gasteiger partial charge in [-0.2, -0.15) is 0 Å². The molecular formula is C34H36O5. The Morgan fingerprint density at radius 2 is 0.821 bits per heavy atom. The normalized spacial score (nSPS) is 13.2. The van der Waals surface area contributed by atoms with Gasteiger partial charge in [0.15, 0.2) is 0 Å². The zero-order chi connectivity index (χ0) is 27.6. The number of phenolic OH excluding ortho intramolecular Hbond substituents is 3. The maximum absolute atomic E-state index is 11.3. The molecule has 8 bridgehead atoms. The van der Waals surface area contributed by atoms with E-state index in [-0.39, 0.29) is 22.8 Å². The van der Waals surface area contributed by atoms with Gasteiger partial charge in [0.1, 0.15) is 29.6 Å². The summed E-state index contributed by atoms with van der Waals surface area (Å²) >= 11 is 0. The summed E-state index contributed by atoms with van der Waals surface area (Å²) < 4.78 is 12.3. The van der Waals surface area contributed by atoms with Crippen LogP contribution < -0.4 is 4.74 Å². The van der Waals surface area contributed by atoms with Crippen molar-refractivity contribution in [3.8, 4) is 23.0 Å². The van der Waals surface area contributed by atoms with Crippen molar-refractivity contribution in [2.75, 3.05) is 13.2 Å². The van der Waals surface area contributed by atoms with Crippen LogP contribution in [-0.2, 0) is 30.4 Å². The zero-order valence-electron chi connectivity index (χ0n) is 22.8. The number of rotatable bonds is 4. The van der Waals surface area contributed by atoms with Gasteiger partial charge in [0.25, 0.3) is 0 Å². The lowest BCUT2D eigenvalue weighted by atomic mass is 9.91. The van der Waals surface area contributed by atoms with Gasteiger partial charge in [-0.1, -0.05) is 72.8 Å². The van der Waals surface area contributed by atoms with E-state index in [1.54, 1.807) is 0 Å². The van der Waals surface area contributed by atoms with Crippen LogP contribution in [0.25, 0.3) is 0 Å². The molecule has 0 aliphatic heterocycles. The first kappa shape index (κ1) is 26.6. The number of hydrogen-bond donors (Lipinski definition) is 3. The van der Waals surface area contributed by atoms with Gasteiger partial charge in [0, 0.05) is 25.7 Å². The maximum atomic E-state index is 11.3. The summed E-state index contributed by atoms with van der Waals surface area (Å²) in [5.74, 6) is 1.39. The highest BCUT2D eigenvalue weighted by Gasteiger charge is 2.19. The predicted molar refractivity (Wildman–Crippen MR) is 153 cm³/mol. The summed E-state index contributed by atoms with van der Waals surface area (Å²) in [6.45, 7) is 6.88. The second kappa shape index (κ2) is 11.0. The van der Waals surface area contributed by atoms with Crippen LogP contribution in [0.3, 0.4) is 0 Å². The Labute approximate surface area is 230 Å². The molecule has 202 valence electrons. The number of hydrogen-bond acceptors (Lipinski definition) is 5. The molecule has 5 nitrogen and oxygen atoms in total. The van der Waals surface area contributed by atoms with Gasteiger partial charge < -0.3 is 24.8 Å². The molecule has 5 heteroatoms. The maximum Gasteiger partial charge on any atom is 0.126 e. The van der Waals surface area contributed by atoms with Crippen LogP contribution >= 0.6 is 0 Å². The molecule has 3 N–H and O–H groups in total. The minimum Gasteiger partial charge on any atom is -0.507 e. The summed E-state index contributed by atoms with van der Waals surface area (Å²) in [6.07, 6.45) is 1.72. The Balaban J connectivity index is 1.61. The first-order chi connectivity index (χ1) is 18.7. The van der Waals surface area contributed by atoms with E-state index in [0.29, 0.717) is 38.9 Å². The third-order valence-electron chi connectivity index (χ3n) is 7.18. The summed E-state index contributed by atoms with van der Waals surface area (Å²) in [4.78, 5) is 0. The van der Waals surface area contributed by atoms with Crippen LogP contribution in [0, 0.1) is 0 Å². The van der Waals surface area contributed by atoms with E-state index in [4.69, 9.17) is 9.47 Å². The van der Waals surface area contributed by atoms with Gasteiger partial charge >= 0.3 is 0 Å². The number of aromatic hydroxyl groups is 3. The van der Waals surface area contributed by atoms with Crippen molar-refractivity contribution in [3.05, 3.63) is 117 Å². The third kappa shape index (κ3) is 6.04. The van der Waals surface area contributed by atoms with E-state index >= 15 is 0 Å². The highest BCUT2D eigenvalue weighted by atomic mass is 16.5. The molecule has 0 amide bonds. The molecule has 5 rings (SSSR count). The molecule has 0 radical (unpaired) electrons. The van der Waals surface area contributed by atoms with Gasteiger partial charge in [-0.25, -0.2) is 0 Å². The molecule has 4 aromatic carbocycles. The van der Waals surface area contributed by atoms with Crippen molar-refractivity contribution in [2.24, 2.45) is 0 Å². The van der Waals surface area contributed by atoms with Crippen LogP contribution in [-0.4, -0.2) is 34.1 Å². The van der Waals surface area contributed by atoms with Gasteiger partial charge in [-0.3, -0.25) is 0 Å². The average Bonchev–Trinajstić information content (AvgIpc) is 2.89. The monoisotopic (exact) mass is 524 g/mol. The second-order valence-electron chi connectivity index (χ2n) is 11.2. The number of phenols is 3. The minimum absolute atomic E-state index is 0.192. The van der Waals surface area contributed by atoms with Crippen molar-refractivity contribution in [2.45, 2.75) is 52.1 Å². The Bertz CT molecular complexity index is 1390. The van der Waals surface area contributed by atoms with E-state index in [0.717, 1.165) is 50.3 Å². The molecule has 0 atom stereocenters. The fraction of sp³-hybridized carbons (Fsp3) is 0.294. The molecule has 0 unspecified atom stereocenters. The topological polar surface area (TPSA) is 79.2 Å². The highest BCUT2D eigenvalue weighted by molar-refractivity contribution is 5.54. The van der Waals surface area contributed by atoms with E-state index in [1.807, 2.05) is 93.6 Å². The lowest BCUT2D eigenvalue weighted by Gasteiger charge is -2.22. The Morgan fingerprint density at radius 3 is 1.15 bits per heavy atom.